The van der Waals surface area contributed by atoms with Crippen LogP contribution in [0.2, 0.25) is 0 Å². The van der Waals surface area contributed by atoms with Gasteiger partial charge in [-0.1, -0.05) is 0 Å². The van der Waals surface area contributed by atoms with Crippen molar-refractivity contribution in [3.63, 3.8) is 0 Å². The minimum Gasteiger partial charge on any atom is -0.385 e. The largest absolute Gasteiger partial charge is 0.385 e. The van der Waals surface area contributed by atoms with Crippen molar-refractivity contribution < 1.29 is 9.84 Å². The number of ether oxygens (including phenoxy) is 1. The molecule has 0 spiro atoms. The van der Waals surface area contributed by atoms with Crippen LogP contribution in [0.1, 0.15) is 18.4 Å². The molecule has 3 nitrogen and oxygen atoms in total. The molecular formula is C8H12BrNO2S. The van der Waals surface area contributed by atoms with Crippen molar-refractivity contribution in [2.45, 2.75) is 18.9 Å². The standard InChI is InChI=1S/C8H12BrNO2S/c1-8(11,3-4-12-2)7-10-6(9)5-13-7/h5,11H,3-4H2,1-2H3. The van der Waals surface area contributed by atoms with Crippen LogP contribution in [-0.2, 0) is 10.3 Å². The zero-order valence-electron chi connectivity index (χ0n) is 7.58. The van der Waals surface area contributed by atoms with Gasteiger partial charge in [-0.25, -0.2) is 4.98 Å². The van der Waals surface area contributed by atoms with Gasteiger partial charge in [-0.3, -0.25) is 0 Å². The van der Waals surface area contributed by atoms with Gasteiger partial charge in [0, 0.05) is 25.5 Å². The smallest absolute Gasteiger partial charge is 0.125 e. The van der Waals surface area contributed by atoms with Crippen LogP contribution >= 0.6 is 27.3 Å². The highest BCUT2D eigenvalue weighted by atomic mass is 79.9. The summed E-state index contributed by atoms with van der Waals surface area (Å²) in [6.45, 7) is 2.28. The van der Waals surface area contributed by atoms with Crippen LogP contribution in [0.5, 0.6) is 0 Å². The summed E-state index contributed by atoms with van der Waals surface area (Å²) in [7, 11) is 1.62. The lowest BCUT2D eigenvalue weighted by atomic mass is 10.0. The average molecular weight is 266 g/mol. The molecule has 0 fully saturated rings. The van der Waals surface area contributed by atoms with Gasteiger partial charge in [0.1, 0.15) is 15.2 Å². The highest BCUT2D eigenvalue weighted by Crippen LogP contribution is 2.28. The van der Waals surface area contributed by atoms with Gasteiger partial charge in [0.15, 0.2) is 0 Å². The Labute approximate surface area is 89.9 Å². The van der Waals surface area contributed by atoms with E-state index in [0.717, 1.165) is 9.61 Å². The predicted molar refractivity (Wildman–Crippen MR) is 55.9 cm³/mol. The average Bonchev–Trinajstić information content (AvgIpc) is 2.49. The number of thiazole rings is 1. The number of hydrogen-bond donors (Lipinski definition) is 1. The van der Waals surface area contributed by atoms with Gasteiger partial charge < -0.3 is 9.84 Å². The summed E-state index contributed by atoms with van der Waals surface area (Å²) >= 11 is 4.69. The van der Waals surface area contributed by atoms with Gasteiger partial charge in [0.05, 0.1) is 0 Å². The van der Waals surface area contributed by atoms with Crippen molar-refractivity contribution in [1.29, 1.82) is 0 Å². The quantitative estimate of drug-likeness (QED) is 0.908. The highest BCUT2D eigenvalue weighted by Gasteiger charge is 2.26. The second-order valence-corrected chi connectivity index (χ2v) is 4.66. The zero-order valence-corrected chi connectivity index (χ0v) is 9.98. The second kappa shape index (κ2) is 4.50. The number of nitrogens with zero attached hydrogens (tertiary/aromatic N) is 1. The van der Waals surface area contributed by atoms with Crippen molar-refractivity contribution >= 4 is 27.3 Å². The van der Waals surface area contributed by atoms with Crippen molar-refractivity contribution in [1.82, 2.24) is 4.98 Å². The van der Waals surface area contributed by atoms with E-state index in [4.69, 9.17) is 4.74 Å². The molecule has 0 radical (unpaired) electrons. The van der Waals surface area contributed by atoms with Gasteiger partial charge in [-0.2, -0.15) is 0 Å². The van der Waals surface area contributed by atoms with Crippen molar-refractivity contribution in [2.24, 2.45) is 0 Å². The molecule has 0 bridgehead atoms. The monoisotopic (exact) mass is 265 g/mol. The fraction of sp³-hybridized carbons (Fsp3) is 0.625. The summed E-state index contributed by atoms with van der Waals surface area (Å²) in [5, 5.41) is 12.6. The number of hydrogen-bond acceptors (Lipinski definition) is 4. The van der Waals surface area contributed by atoms with Gasteiger partial charge in [-0.15, -0.1) is 11.3 Å². The molecule has 1 aromatic heterocycles. The third-order valence-electron chi connectivity index (χ3n) is 1.73. The molecule has 1 aromatic rings. The van der Waals surface area contributed by atoms with Gasteiger partial charge in [0.2, 0.25) is 0 Å². The molecule has 0 aliphatic rings. The number of methoxy groups -OCH3 is 1. The van der Waals surface area contributed by atoms with Gasteiger partial charge >= 0.3 is 0 Å². The van der Waals surface area contributed by atoms with Crippen molar-refractivity contribution in [3.8, 4) is 0 Å². The van der Waals surface area contributed by atoms with Crippen molar-refractivity contribution in [2.75, 3.05) is 13.7 Å². The molecule has 5 heteroatoms. The van der Waals surface area contributed by atoms with E-state index in [9.17, 15) is 5.11 Å². The topological polar surface area (TPSA) is 42.4 Å². The maximum Gasteiger partial charge on any atom is 0.125 e. The maximum absolute atomic E-state index is 9.98. The summed E-state index contributed by atoms with van der Waals surface area (Å²) in [5.41, 5.74) is -0.882. The highest BCUT2D eigenvalue weighted by molar-refractivity contribution is 9.10. The van der Waals surface area contributed by atoms with Crippen LogP contribution in [0.3, 0.4) is 0 Å². The van der Waals surface area contributed by atoms with Gasteiger partial charge in [-0.05, 0) is 22.9 Å². The first-order valence-electron chi connectivity index (χ1n) is 3.89. The van der Waals surface area contributed by atoms with Crippen LogP contribution in [0, 0.1) is 0 Å². The summed E-state index contributed by atoms with van der Waals surface area (Å²) < 4.78 is 5.68. The Balaban J connectivity index is 2.68. The summed E-state index contributed by atoms with van der Waals surface area (Å²) in [4.78, 5) is 4.16. The van der Waals surface area contributed by atoms with E-state index in [0.29, 0.717) is 13.0 Å². The molecule has 1 unspecified atom stereocenters. The molecule has 13 heavy (non-hydrogen) atoms. The van der Waals surface area contributed by atoms with Crippen LogP contribution in [0.4, 0.5) is 0 Å². The van der Waals surface area contributed by atoms with Crippen LogP contribution in [0.25, 0.3) is 0 Å². The van der Waals surface area contributed by atoms with Crippen LogP contribution in [-0.4, -0.2) is 23.8 Å². The third-order valence-corrected chi connectivity index (χ3v) is 3.53. The Morgan fingerprint density at radius 2 is 2.46 bits per heavy atom. The Morgan fingerprint density at radius 3 is 2.92 bits per heavy atom. The second-order valence-electron chi connectivity index (χ2n) is 2.99. The number of halogens is 1. The Hall–Kier alpha value is 0.0300. The molecule has 1 atom stereocenters. The van der Waals surface area contributed by atoms with E-state index < -0.39 is 5.60 Å². The summed E-state index contributed by atoms with van der Waals surface area (Å²) in [6, 6.07) is 0. The first-order valence-corrected chi connectivity index (χ1v) is 5.56. The fourth-order valence-electron chi connectivity index (χ4n) is 0.909. The lowest BCUT2D eigenvalue weighted by molar-refractivity contribution is 0.0208. The first kappa shape index (κ1) is 11.1. The fourth-order valence-corrected chi connectivity index (χ4v) is 2.25. The molecule has 1 heterocycles. The van der Waals surface area contributed by atoms with E-state index in [1.54, 1.807) is 14.0 Å². The Morgan fingerprint density at radius 1 is 1.77 bits per heavy atom. The van der Waals surface area contributed by atoms with Crippen LogP contribution in [0.15, 0.2) is 9.98 Å². The van der Waals surface area contributed by atoms with Crippen molar-refractivity contribution in [3.05, 3.63) is 15.0 Å². The molecule has 1 N–H and O–H groups in total. The van der Waals surface area contributed by atoms with E-state index in [1.165, 1.54) is 11.3 Å². The number of rotatable bonds is 4. The summed E-state index contributed by atoms with van der Waals surface area (Å²) in [5.74, 6) is 0. The molecule has 74 valence electrons. The Bertz CT molecular complexity index is 275. The lowest BCUT2D eigenvalue weighted by Crippen LogP contribution is -2.22. The molecule has 0 aliphatic heterocycles. The van der Waals surface area contributed by atoms with E-state index in [2.05, 4.69) is 20.9 Å². The molecule has 0 aromatic carbocycles. The van der Waals surface area contributed by atoms with E-state index in [-0.39, 0.29) is 0 Å². The SMILES string of the molecule is COCCC(C)(O)c1nc(Br)cs1. The van der Waals surface area contributed by atoms with Crippen LogP contribution < -0.4 is 0 Å². The lowest BCUT2D eigenvalue weighted by Gasteiger charge is -2.19. The maximum atomic E-state index is 9.98. The molecule has 0 saturated carbocycles. The normalized spacial score (nSPS) is 15.7. The minimum absolute atomic E-state index is 0.532. The predicted octanol–water partition coefficient (Wildman–Crippen LogP) is 2.15. The molecule has 0 aliphatic carbocycles. The molecule has 0 saturated heterocycles. The minimum atomic E-state index is -0.882. The van der Waals surface area contributed by atoms with E-state index in [1.807, 2.05) is 5.38 Å². The number of aliphatic hydroxyl groups is 1. The molecular weight excluding hydrogens is 254 g/mol. The number of aromatic nitrogens is 1. The van der Waals surface area contributed by atoms with E-state index >= 15 is 0 Å². The molecule has 0 amide bonds. The zero-order chi connectivity index (χ0) is 9.90. The van der Waals surface area contributed by atoms with Gasteiger partial charge in [0.25, 0.3) is 0 Å². The third kappa shape index (κ3) is 3.02. The molecule has 1 rings (SSSR count). The first-order chi connectivity index (χ1) is 6.06. The Kier molecular flexibility index (Phi) is 3.85. The summed E-state index contributed by atoms with van der Waals surface area (Å²) in [6.07, 6.45) is 0.559.